The molecule has 3 rings (SSSR count). The van der Waals surface area contributed by atoms with Crippen LogP contribution in [-0.4, -0.2) is 39.2 Å². The van der Waals surface area contributed by atoms with Gasteiger partial charge in [0.2, 0.25) is 5.91 Å². The second-order valence-electron chi connectivity index (χ2n) is 8.05. The van der Waals surface area contributed by atoms with Crippen molar-refractivity contribution in [2.45, 2.75) is 60.0 Å². The van der Waals surface area contributed by atoms with Gasteiger partial charge in [-0.05, 0) is 69.9 Å². The van der Waals surface area contributed by atoms with Crippen LogP contribution in [0.1, 0.15) is 55.6 Å². The molecule has 6 nitrogen and oxygen atoms in total. The van der Waals surface area contributed by atoms with Crippen molar-refractivity contribution in [1.82, 2.24) is 19.7 Å². The van der Waals surface area contributed by atoms with E-state index in [-0.39, 0.29) is 11.9 Å². The summed E-state index contributed by atoms with van der Waals surface area (Å²) < 4.78 is 7.43. The first-order valence-corrected chi connectivity index (χ1v) is 10.6. The number of aromatic nitrogens is 3. The van der Waals surface area contributed by atoms with Gasteiger partial charge in [0.1, 0.15) is 5.75 Å². The van der Waals surface area contributed by atoms with Gasteiger partial charge in [0.25, 0.3) is 0 Å². The molecule has 0 aliphatic rings. The third kappa shape index (κ3) is 4.64. The summed E-state index contributed by atoms with van der Waals surface area (Å²) in [5, 5.41) is 5.56. The third-order valence-corrected chi connectivity index (χ3v) is 5.49. The quantitative estimate of drug-likeness (QED) is 0.546. The van der Waals surface area contributed by atoms with Crippen LogP contribution in [-0.2, 0) is 17.8 Å². The minimum Gasteiger partial charge on any atom is -0.494 e. The fourth-order valence-corrected chi connectivity index (χ4v) is 3.78. The molecular formula is C24H32N4O2. The highest BCUT2D eigenvalue weighted by molar-refractivity contribution is 5.81. The van der Waals surface area contributed by atoms with Gasteiger partial charge < -0.3 is 9.64 Å². The molecule has 0 aliphatic carbocycles. The van der Waals surface area contributed by atoms with Crippen LogP contribution in [0.2, 0.25) is 0 Å². The molecule has 0 spiro atoms. The number of carbonyl (C=O) groups excluding carboxylic acids is 1. The Morgan fingerprint density at radius 3 is 2.53 bits per heavy atom. The van der Waals surface area contributed by atoms with E-state index >= 15 is 0 Å². The van der Waals surface area contributed by atoms with Gasteiger partial charge in [-0.2, -0.15) is 5.10 Å². The van der Waals surface area contributed by atoms with Crippen molar-refractivity contribution in [3.05, 3.63) is 52.8 Å². The van der Waals surface area contributed by atoms with Crippen LogP contribution in [0.3, 0.4) is 0 Å². The maximum absolute atomic E-state index is 12.7. The molecule has 3 aromatic rings. The van der Waals surface area contributed by atoms with Gasteiger partial charge in [0.05, 0.1) is 12.8 Å². The average Bonchev–Trinajstić information content (AvgIpc) is 3.13. The molecule has 2 aromatic heterocycles. The van der Waals surface area contributed by atoms with E-state index < -0.39 is 0 Å². The fraction of sp³-hybridized carbons (Fsp3) is 0.458. The van der Waals surface area contributed by atoms with Crippen molar-refractivity contribution in [1.29, 1.82) is 0 Å². The molecule has 0 N–H and O–H groups in total. The number of amides is 1. The smallest absolute Gasteiger partial charge is 0.222 e. The number of nitrogens with zero attached hydrogens (tertiary/aromatic N) is 4. The van der Waals surface area contributed by atoms with Crippen molar-refractivity contribution in [3.8, 4) is 5.75 Å². The van der Waals surface area contributed by atoms with Crippen LogP contribution in [0.5, 0.6) is 5.75 Å². The zero-order valence-electron chi connectivity index (χ0n) is 18.9. The van der Waals surface area contributed by atoms with Gasteiger partial charge in [-0.25, -0.2) is 9.67 Å². The first-order chi connectivity index (χ1) is 14.3. The minimum atomic E-state index is 0.126. The van der Waals surface area contributed by atoms with Crippen molar-refractivity contribution in [3.63, 3.8) is 0 Å². The molecule has 30 heavy (non-hydrogen) atoms. The molecule has 0 atom stereocenters. The molecule has 1 aromatic carbocycles. The molecule has 0 aliphatic heterocycles. The molecule has 0 fully saturated rings. The lowest BCUT2D eigenvalue weighted by atomic mass is 10.00. The summed E-state index contributed by atoms with van der Waals surface area (Å²) in [4.78, 5) is 19.3. The summed E-state index contributed by atoms with van der Waals surface area (Å²) in [6.07, 6.45) is 3.03. The van der Waals surface area contributed by atoms with E-state index in [0.717, 1.165) is 33.6 Å². The number of ether oxygens (including phenoxy) is 1. The summed E-state index contributed by atoms with van der Waals surface area (Å²) in [5.74, 6) is 0.977. The number of carbonyl (C=O) groups is 1. The highest BCUT2D eigenvalue weighted by atomic mass is 16.5. The van der Waals surface area contributed by atoms with E-state index in [2.05, 4.69) is 25.9 Å². The van der Waals surface area contributed by atoms with Gasteiger partial charge in [0, 0.05) is 37.1 Å². The lowest BCUT2D eigenvalue weighted by molar-refractivity contribution is -0.130. The monoisotopic (exact) mass is 408 g/mol. The standard InChI is InChI=1S/C24H32N4O2/c1-7-30-20-10-8-19(9-11-20)15-27(6)23(29)13-12-21-17(4)22-14-25-28(16(2)3)24(22)26-18(21)5/h8-11,14,16H,7,12-13,15H2,1-6H3. The largest absolute Gasteiger partial charge is 0.494 e. The van der Waals surface area contributed by atoms with Crippen molar-refractivity contribution < 1.29 is 9.53 Å². The van der Waals surface area contributed by atoms with Crippen LogP contribution in [0.4, 0.5) is 0 Å². The first-order valence-electron chi connectivity index (χ1n) is 10.6. The lowest BCUT2D eigenvalue weighted by Gasteiger charge is -2.18. The Labute approximate surface area is 178 Å². The highest BCUT2D eigenvalue weighted by Gasteiger charge is 2.17. The number of rotatable bonds is 8. The number of hydrogen-bond donors (Lipinski definition) is 0. The van der Waals surface area contributed by atoms with Crippen molar-refractivity contribution in [2.75, 3.05) is 13.7 Å². The average molecular weight is 409 g/mol. The molecule has 0 saturated heterocycles. The Kier molecular flexibility index (Phi) is 6.75. The number of aryl methyl sites for hydroxylation is 2. The second-order valence-corrected chi connectivity index (χ2v) is 8.05. The number of benzene rings is 1. The highest BCUT2D eigenvalue weighted by Crippen LogP contribution is 2.25. The fourth-order valence-electron chi connectivity index (χ4n) is 3.78. The normalized spacial score (nSPS) is 11.3. The zero-order chi connectivity index (χ0) is 21.8. The van der Waals surface area contributed by atoms with Gasteiger partial charge in [0.15, 0.2) is 5.65 Å². The summed E-state index contributed by atoms with van der Waals surface area (Å²) in [6, 6.07) is 8.17. The Morgan fingerprint density at radius 1 is 1.20 bits per heavy atom. The molecule has 1 amide bonds. The summed E-state index contributed by atoms with van der Waals surface area (Å²) in [7, 11) is 1.85. The Morgan fingerprint density at radius 2 is 1.90 bits per heavy atom. The zero-order valence-corrected chi connectivity index (χ0v) is 18.9. The van der Waals surface area contributed by atoms with Crippen LogP contribution in [0, 0.1) is 13.8 Å². The summed E-state index contributed by atoms with van der Waals surface area (Å²) >= 11 is 0. The Bertz CT molecular complexity index is 1020. The van der Waals surface area contributed by atoms with Crippen LogP contribution < -0.4 is 4.74 Å². The van der Waals surface area contributed by atoms with Crippen LogP contribution in [0.15, 0.2) is 30.5 Å². The third-order valence-electron chi connectivity index (χ3n) is 5.49. The van der Waals surface area contributed by atoms with E-state index in [1.165, 1.54) is 5.56 Å². The van der Waals surface area contributed by atoms with Crippen molar-refractivity contribution >= 4 is 16.9 Å². The van der Waals surface area contributed by atoms with E-state index in [1.807, 2.05) is 56.0 Å². The molecule has 0 bridgehead atoms. The molecule has 0 saturated carbocycles. The second kappa shape index (κ2) is 9.28. The van der Waals surface area contributed by atoms with E-state index in [4.69, 9.17) is 9.72 Å². The maximum atomic E-state index is 12.7. The maximum Gasteiger partial charge on any atom is 0.222 e. The van der Waals surface area contributed by atoms with Gasteiger partial charge in [-0.15, -0.1) is 0 Å². The molecule has 0 radical (unpaired) electrons. The van der Waals surface area contributed by atoms with Crippen LogP contribution >= 0.6 is 0 Å². The van der Waals surface area contributed by atoms with Gasteiger partial charge in [-0.1, -0.05) is 12.1 Å². The SMILES string of the molecule is CCOc1ccc(CN(C)C(=O)CCc2c(C)nc3c(cnn3C(C)C)c2C)cc1. The summed E-state index contributed by atoms with van der Waals surface area (Å²) in [6.45, 7) is 11.5. The molecule has 6 heteroatoms. The number of fused-ring (bicyclic) bond motifs is 1. The van der Waals surface area contributed by atoms with Crippen molar-refractivity contribution in [2.24, 2.45) is 0 Å². The molecule has 0 unspecified atom stereocenters. The Hall–Kier alpha value is -2.89. The van der Waals surface area contributed by atoms with E-state index in [1.54, 1.807) is 4.90 Å². The number of hydrogen-bond acceptors (Lipinski definition) is 4. The predicted molar refractivity (Wildman–Crippen MR) is 120 cm³/mol. The number of pyridine rings is 1. The Balaban J connectivity index is 1.67. The molecule has 160 valence electrons. The van der Waals surface area contributed by atoms with E-state index in [9.17, 15) is 4.79 Å². The lowest BCUT2D eigenvalue weighted by Crippen LogP contribution is -2.26. The predicted octanol–water partition coefficient (Wildman–Crippen LogP) is 4.62. The van der Waals surface area contributed by atoms with Crippen LogP contribution in [0.25, 0.3) is 11.0 Å². The topological polar surface area (TPSA) is 60.2 Å². The van der Waals surface area contributed by atoms with Gasteiger partial charge >= 0.3 is 0 Å². The molecule has 2 heterocycles. The first kappa shape index (κ1) is 21.8. The van der Waals surface area contributed by atoms with E-state index in [0.29, 0.717) is 26.0 Å². The summed E-state index contributed by atoms with van der Waals surface area (Å²) in [5.41, 5.74) is 5.30. The minimum absolute atomic E-state index is 0.126. The molecular weight excluding hydrogens is 376 g/mol. The van der Waals surface area contributed by atoms with Gasteiger partial charge in [-0.3, -0.25) is 4.79 Å².